The number of fused-ring (bicyclic) bond motifs is 1. The Bertz CT molecular complexity index is 503. The van der Waals surface area contributed by atoms with Crippen LogP contribution in [-0.2, 0) is 6.54 Å². The van der Waals surface area contributed by atoms with Gasteiger partial charge in [-0.2, -0.15) is 0 Å². The van der Waals surface area contributed by atoms with Gasteiger partial charge in [-0.05, 0) is 22.6 Å². The van der Waals surface area contributed by atoms with Crippen molar-refractivity contribution in [2.75, 3.05) is 6.26 Å². The van der Waals surface area contributed by atoms with E-state index in [1.54, 1.807) is 11.8 Å². The maximum atomic E-state index is 5.13. The molecule has 0 aromatic heterocycles. The Morgan fingerprint density at radius 3 is 2.75 bits per heavy atom. The third-order valence-corrected chi connectivity index (χ3v) is 3.65. The van der Waals surface area contributed by atoms with Gasteiger partial charge in [0.15, 0.2) is 0 Å². The van der Waals surface area contributed by atoms with Crippen LogP contribution in [0, 0.1) is 0 Å². The molecule has 0 amide bonds. The lowest BCUT2D eigenvalue weighted by molar-refractivity contribution is 0.949. The number of benzene rings is 2. The highest BCUT2D eigenvalue weighted by Crippen LogP contribution is 2.18. The minimum Gasteiger partial charge on any atom is -0.367 e. The van der Waals surface area contributed by atoms with Gasteiger partial charge in [-0.3, -0.25) is 0 Å². The fourth-order valence-corrected chi connectivity index (χ4v) is 1.97. The van der Waals surface area contributed by atoms with E-state index in [-0.39, 0.29) is 0 Å². The summed E-state index contributed by atoms with van der Waals surface area (Å²) < 4.78 is 0.841. The van der Waals surface area contributed by atoms with Crippen LogP contribution < -0.4 is 5.32 Å². The summed E-state index contributed by atoms with van der Waals surface area (Å²) >= 11 is 6.70. The van der Waals surface area contributed by atoms with E-state index in [9.17, 15) is 0 Å². The standard InChI is InChI=1S/C13H13NS2/c1-16-13(15)14-9-11-7-4-6-10-5-2-3-8-12(10)11/h2-8H,9H2,1H3,(H,14,15). The molecule has 0 aliphatic carbocycles. The van der Waals surface area contributed by atoms with Crippen molar-refractivity contribution >= 4 is 39.1 Å². The molecule has 1 nitrogen and oxygen atoms in total. The molecular weight excluding hydrogens is 234 g/mol. The first kappa shape index (κ1) is 11.4. The molecule has 0 saturated heterocycles. The van der Waals surface area contributed by atoms with Crippen molar-refractivity contribution in [1.29, 1.82) is 0 Å². The minimum atomic E-state index is 0.793. The zero-order valence-electron chi connectivity index (χ0n) is 9.07. The monoisotopic (exact) mass is 247 g/mol. The van der Waals surface area contributed by atoms with E-state index < -0.39 is 0 Å². The number of rotatable bonds is 2. The van der Waals surface area contributed by atoms with Gasteiger partial charge in [0, 0.05) is 6.54 Å². The van der Waals surface area contributed by atoms with Crippen molar-refractivity contribution in [3.63, 3.8) is 0 Å². The number of hydrogen-bond donors (Lipinski definition) is 1. The number of hydrogen-bond acceptors (Lipinski definition) is 2. The van der Waals surface area contributed by atoms with Crippen LogP contribution in [-0.4, -0.2) is 10.6 Å². The summed E-state index contributed by atoms with van der Waals surface area (Å²) in [5, 5.41) is 5.80. The summed E-state index contributed by atoms with van der Waals surface area (Å²) in [6.45, 7) is 0.793. The van der Waals surface area contributed by atoms with Crippen LogP contribution in [0.4, 0.5) is 0 Å². The molecule has 0 aliphatic rings. The van der Waals surface area contributed by atoms with Gasteiger partial charge in [-0.15, -0.1) is 11.8 Å². The largest absolute Gasteiger partial charge is 0.367 e. The maximum Gasteiger partial charge on any atom is 0.133 e. The average molecular weight is 247 g/mol. The summed E-state index contributed by atoms with van der Waals surface area (Å²) in [4.78, 5) is 0. The second-order valence-electron chi connectivity index (χ2n) is 3.48. The molecule has 0 unspecified atom stereocenters. The van der Waals surface area contributed by atoms with Crippen LogP contribution in [0.2, 0.25) is 0 Å². The summed E-state index contributed by atoms with van der Waals surface area (Å²) in [5.74, 6) is 0. The van der Waals surface area contributed by atoms with E-state index in [4.69, 9.17) is 12.2 Å². The van der Waals surface area contributed by atoms with Crippen molar-refractivity contribution < 1.29 is 0 Å². The zero-order chi connectivity index (χ0) is 11.4. The van der Waals surface area contributed by atoms with Gasteiger partial charge < -0.3 is 5.32 Å². The predicted octanol–water partition coefficient (Wildman–Crippen LogP) is 3.58. The molecule has 82 valence electrons. The van der Waals surface area contributed by atoms with Gasteiger partial charge in [0.2, 0.25) is 0 Å². The Labute approximate surface area is 105 Å². The molecule has 2 aromatic carbocycles. The first-order valence-electron chi connectivity index (χ1n) is 5.09. The molecule has 3 heteroatoms. The molecule has 16 heavy (non-hydrogen) atoms. The fraction of sp³-hybridized carbons (Fsp3) is 0.154. The van der Waals surface area contributed by atoms with E-state index in [2.05, 4.69) is 47.8 Å². The quantitative estimate of drug-likeness (QED) is 0.815. The van der Waals surface area contributed by atoms with Crippen LogP contribution in [0.25, 0.3) is 10.8 Å². The lowest BCUT2D eigenvalue weighted by atomic mass is 10.0. The highest BCUT2D eigenvalue weighted by molar-refractivity contribution is 8.22. The number of thiocarbonyl (C=S) groups is 1. The maximum absolute atomic E-state index is 5.13. The molecule has 0 heterocycles. The molecule has 0 radical (unpaired) electrons. The van der Waals surface area contributed by atoms with Crippen molar-refractivity contribution in [3.05, 3.63) is 48.0 Å². The average Bonchev–Trinajstić information content (AvgIpc) is 2.35. The second kappa shape index (κ2) is 5.32. The van der Waals surface area contributed by atoms with Crippen LogP contribution in [0.5, 0.6) is 0 Å². The van der Waals surface area contributed by atoms with Crippen molar-refractivity contribution in [2.45, 2.75) is 6.54 Å². The second-order valence-corrected chi connectivity index (χ2v) is 4.97. The highest BCUT2D eigenvalue weighted by atomic mass is 32.2. The van der Waals surface area contributed by atoms with Crippen LogP contribution in [0.3, 0.4) is 0 Å². The normalized spacial score (nSPS) is 10.3. The van der Waals surface area contributed by atoms with Gasteiger partial charge in [-0.25, -0.2) is 0 Å². The van der Waals surface area contributed by atoms with E-state index in [0.717, 1.165) is 10.9 Å². The topological polar surface area (TPSA) is 12.0 Å². The molecular formula is C13H13NS2. The van der Waals surface area contributed by atoms with Gasteiger partial charge in [0.05, 0.1) is 0 Å². The zero-order valence-corrected chi connectivity index (χ0v) is 10.7. The molecule has 0 aliphatic heterocycles. The highest BCUT2D eigenvalue weighted by Gasteiger charge is 2.00. The molecule has 0 spiro atoms. The van der Waals surface area contributed by atoms with Gasteiger partial charge in [0.1, 0.15) is 4.32 Å². The third kappa shape index (κ3) is 2.54. The fourth-order valence-electron chi connectivity index (χ4n) is 1.69. The van der Waals surface area contributed by atoms with E-state index in [1.165, 1.54) is 16.3 Å². The van der Waals surface area contributed by atoms with Crippen LogP contribution in [0.1, 0.15) is 5.56 Å². The summed E-state index contributed by atoms with van der Waals surface area (Å²) in [7, 11) is 0. The molecule has 0 bridgehead atoms. The van der Waals surface area contributed by atoms with Crippen molar-refractivity contribution in [3.8, 4) is 0 Å². The smallest absolute Gasteiger partial charge is 0.133 e. The summed E-state index contributed by atoms with van der Waals surface area (Å²) in [5.41, 5.74) is 1.29. The van der Waals surface area contributed by atoms with Gasteiger partial charge >= 0.3 is 0 Å². The lowest BCUT2D eigenvalue weighted by Crippen LogP contribution is -2.17. The first-order valence-corrected chi connectivity index (χ1v) is 6.73. The Morgan fingerprint density at radius 2 is 1.94 bits per heavy atom. The van der Waals surface area contributed by atoms with E-state index in [0.29, 0.717) is 0 Å². The van der Waals surface area contributed by atoms with E-state index >= 15 is 0 Å². The molecule has 0 fully saturated rings. The van der Waals surface area contributed by atoms with Crippen LogP contribution >= 0.6 is 24.0 Å². The summed E-state index contributed by atoms with van der Waals surface area (Å²) in [6.07, 6.45) is 1.98. The summed E-state index contributed by atoms with van der Waals surface area (Å²) in [6, 6.07) is 14.8. The molecule has 1 N–H and O–H groups in total. The molecule has 2 aromatic rings. The molecule has 2 rings (SSSR count). The van der Waals surface area contributed by atoms with Gasteiger partial charge in [0.25, 0.3) is 0 Å². The number of thioether (sulfide) groups is 1. The predicted molar refractivity (Wildman–Crippen MR) is 76.9 cm³/mol. The van der Waals surface area contributed by atoms with Crippen molar-refractivity contribution in [1.82, 2.24) is 5.32 Å². The Balaban J connectivity index is 2.27. The minimum absolute atomic E-state index is 0.793. The Hall–Kier alpha value is -1.06. The first-order chi connectivity index (χ1) is 7.81. The molecule has 0 saturated carbocycles. The lowest BCUT2D eigenvalue weighted by Gasteiger charge is -2.08. The van der Waals surface area contributed by atoms with Crippen LogP contribution in [0.15, 0.2) is 42.5 Å². The van der Waals surface area contributed by atoms with Crippen molar-refractivity contribution in [2.24, 2.45) is 0 Å². The SMILES string of the molecule is CSC(=S)NCc1cccc2ccccc12. The van der Waals surface area contributed by atoms with E-state index in [1.807, 2.05) is 6.26 Å². The Kier molecular flexibility index (Phi) is 3.80. The third-order valence-electron chi connectivity index (χ3n) is 2.49. The molecule has 0 atom stereocenters. The Morgan fingerprint density at radius 1 is 1.19 bits per heavy atom. The number of nitrogens with one attached hydrogen (secondary N) is 1. The van der Waals surface area contributed by atoms with Gasteiger partial charge in [-0.1, -0.05) is 54.7 Å².